The van der Waals surface area contributed by atoms with Gasteiger partial charge in [0.1, 0.15) is 0 Å². The van der Waals surface area contributed by atoms with Crippen LogP contribution in [-0.4, -0.2) is 37.6 Å². The van der Waals surface area contributed by atoms with Crippen molar-refractivity contribution in [2.45, 2.75) is 58.4 Å². The lowest BCUT2D eigenvalue weighted by molar-refractivity contribution is 0.250. The summed E-state index contributed by atoms with van der Waals surface area (Å²) in [7, 11) is 1.87. The van der Waals surface area contributed by atoms with Gasteiger partial charge in [-0.2, -0.15) is 11.8 Å². The minimum atomic E-state index is 0. The van der Waals surface area contributed by atoms with E-state index in [0.29, 0.717) is 6.04 Å². The molecular weight excluding hydrogens is 393 g/mol. The van der Waals surface area contributed by atoms with E-state index in [4.69, 9.17) is 0 Å². The van der Waals surface area contributed by atoms with Gasteiger partial charge in [-0.3, -0.25) is 4.99 Å². The normalized spacial score (nSPS) is 22.8. The molecule has 2 N–H and O–H groups in total. The Balaban J connectivity index is 0.00000400. The van der Waals surface area contributed by atoms with Crippen LogP contribution in [0.1, 0.15) is 52.4 Å². The van der Waals surface area contributed by atoms with Gasteiger partial charge in [0.25, 0.3) is 0 Å². The highest BCUT2D eigenvalue weighted by Crippen LogP contribution is 2.29. The Hall–Kier alpha value is 0.350. The zero-order valence-corrected chi connectivity index (χ0v) is 17.3. The van der Waals surface area contributed by atoms with Gasteiger partial charge >= 0.3 is 0 Å². The van der Waals surface area contributed by atoms with Crippen LogP contribution in [0.4, 0.5) is 0 Å². The molecule has 0 atom stereocenters. The highest BCUT2D eigenvalue weighted by Gasteiger charge is 2.23. The summed E-state index contributed by atoms with van der Waals surface area (Å²) in [6.45, 7) is 5.74. The fourth-order valence-electron chi connectivity index (χ4n) is 2.90. The van der Waals surface area contributed by atoms with Crippen LogP contribution in [0, 0.1) is 11.8 Å². The van der Waals surface area contributed by atoms with E-state index in [-0.39, 0.29) is 24.0 Å². The highest BCUT2D eigenvalue weighted by molar-refractivity contribution is 14.0. The molecule has 1 aliphatic rings. The molecule has 0 aromatic carbocycles. The van der Waals surface area contributed by atoms with Crippen LogP contribution in [0.5, 0.6) is 0 Å². The van der Waals surface area contributed by atoms with Crippen molar-refractivity contribution in [3.8, 4) is 0 Å². The molecule has 3 nitrogen and oxygen atoms in total. The number of guanidine groups is 1. The molecule has 21 heavy (non-hydrogen) atoms. The van der Waals surface area contributed by atoms with Crippen molar-refractivity contribution in [1.29, 1.82) is 0 Å². The molecule has 0 spiro atoms. The zero-order valence-electron chi connectivity index (χ0n) is 14.2. The largest absolute Gasteiger partial charge is 0.356 e. The molecule has 0 radical (unpaired) electrons. The number of aliphatic imine (C=N–C) groups is 1. The smallest absolute Gasteiger partial charge is 0.191 e. The van der Waals surface area contributed by atoms with Gasteiger partial charge < -0.3 is 10.6 Å². The molecule has 0 aromatic rings. The lowest BCUT2D eigenvalue weighted by atomic mass is 9.80. The van der Waals surface area contributed by atoms with E-state index in [1.807, 2.05) is 18.8 Å². The minimum absolute atomic E-state index is 0. The Morgan fingerprint density at radius 2 is 1.86 bits per heavy atom. The van der Waals surface area contributed by atoms with Crippen LogP contribution in [0.3, 0.4) is 0 Å². The van der Waals surface area contributed by atoms with Crippen molar-refractivity contribution in [2.24, 2.45) is 16.8 Å². The van der Waals surface area contributed by atoms with Crippen molar-refractivity contribution in [3.05, 3.63) is 0 Å². The van der Waals surface area contributed by atoms with Crippen LogP contribution < -0.4 is 10.6 Å². The number of rotatable bonds is 7. The van der Waals surface area contributed by atoms with E-state index in [0.717, 1.165) is 24.3 Å². The van der Waals surface area contributed by atoms with Gasteiger partial charge in [-0.15, -0.1) is 24.0 Å². The molecule has 0 heterocycles. The third-order valence-corrected chi connectivity index (χ3v) is 5.04. The first-order valence-electron chi connectivity index (χ1n) is 8.13. The Kier molecular flexibility index (Phi) is 13.1. The van der Waals surface area contributed by atoms with E-state index in [1.165, 1.54) is 44.3 Å². The molecule has 0 aliphatic heterocycles. The average Bonchev–Trinajstić information content (AvgIpc) is 2.46. The zero-order chi connectivity index (χ0) is 14.8. The molecule has 0 saturated heterocycles. The van der Waals surface area contributed by atoms with Crippen LogP contribution in [0.15, 0.2) is 4.99 Å². The third-order valence-electron chi connectivity index (χ3n) is 4.35. The van der Waals surface area contributed by atoms with Crippen molar-refractivity contribution in [3.63, 3.8) is 0 Å². The van der Waals surface area contributed by atoms with Crippen LogP contribution in [0.25, 0.3) is 0 Å². The van der Waals surface area contributed by atoms with Crippen LogP contribution >= 0.6 is 35.7 Å². The van der Waals surface area contributed by atoms with Gasteiger partial charge in [-0.25, -0.2) is 0 Å². The molecule has 0 amide bonds. The monoisotopic (exact) mass is 427 g/mol. The molecule has 1 rings (SSSR count). The van der Waals surface area contributed by atoms with Crippen molar-refractivity contribution in [2.75, 3.05) is 25.6 Å². The molecule has 5 heteroatoms. The maximum Gasteiger partial charge on any atom is 0.191 e. The molecule has 1 saturated carbocycles. The number of halogens is 1. The molecule has 0 bridgehead atoms. The summed E-state index contributed by atoms with van der Waals surface area (Å²) in [5.74, 6) is 4.01. The van der Waals surface area contributed by atoms with E-state index in [9.17, 15) is 0 Å². The second-order valence-electron chi connectivity index (χ2n) is 6.20. The molecule has 0 aromatic heterocycles. The SMILES string of the molecule is CN=C(NCCCCSC)NC1CCC(C(C)C)CC1.I. The lowest BCUT2D eigenvalue weighted by Gasteiger charge is -2.32. The number of unbranched alkanes of at least 4 members (excludes halogenated alkanes) is 1. The van der Waals surface area contributed by atoms with E-state index >= 15 is 0 Å². The molecule has 1 fully saturated rings. The number of hydrogen-bond acceptors (Lipinski definition) is 2. The summed E-state index contributed by atoms with van der Waals surface area (Å²) in [4.78, 5) is 4.34. The maximum atomic E-state index is 4.34. The fraction of sp³-hybridized carbons (Fsp3) is 0.938. The summed E-state index contributed by atoms with van der Waals surface area (Å²) >= 11 is 1.92. The third kappa shape index (κ3) is 9.16. The Morgan fingerprint density at radius 1 is 1.19 bits per heavy atom. The summed E-state index contributed by atoms with van der Waals surface area (Å²) in [5.41, 5.74) is 0. The second kappa shape index (κ2) is 12.9. The van der Waals surface area contributed by atoms with Gasteiger partial charge in [0, 0.05) is 19.6 Å². The Labute approximate surface area is 152 Å². The second-order valence-corrected chi connectivity index (χ2v) is 7.18. The number of nitrogens with one attached hydrogen (secondary N) is 2. The van der Waals surface area contributed by atoms with E-state index in [1.54, 1.807) is 0 Å². The Morgan fingerprint density at radius 3 is 2.38 bits per heavy atom. The molecule has 1 aliphatic carbocycles. The Bertz CT molecular complexity index is 277. The first kappa shape index (κ1) is 21.4. The quantitative estimate of drug-likeness (QED) is 0.278. The summed E-state index contributed by atoms with van der Waals surface area (Å²) in [6, 6.07) is 0.613. The number of hydrogen-bond donors (Lipinski definition) is 2. The summed E-state index contributed by atoms with van der Waals surface area (Å²) in [5, 5.41) is 7.03. The van der Waals surface area contributed by atoms with Gasteiger partial charge in [-0.05, 0) is 62.4 Å². The highest BCUT2D eigenvalue weighted by atomic mass is 127. The van der Waals surface area contributed by atoms with Gasteiger partial charge in [-0.1, -0.05) is 13.8 Å². The predicted octanol–water partition coefficient (Wildman–Crippen LogP) is 4.13. The predicted molar refractivity (Wildman–Crippen MR) is 108 cm³/mol. The van der Waals surface area contributed by atoms with E-state index in [2.05, 4.69) is 35.7 Å². The van der Waals surface area contributed by atoms with Gasteiger partial charge in [0.2, 0.25) is 0 Å². The molecule has 126 valence electrons. The first-order valence-corrected chi connectivity index (χ1v) is 9.52. The van der Waals surface area contributed by atoms with Crippen LogP contribution in [-0.2, 0) is 0 Å². The lowest BCUT2D eigenvalue weighted by Crippen LogP contribution is -2.45. The van der Waals surface area contributed by atoms with Crippen LogP contribution in [0.2, 0.25) is 0 Å². The number of nitrogens with zero attached hydrogens (tertiary/aromatic N) is 1. The minimum Gasteiger partial charge on any atom is -0.356 e. The molecule has 0 unspecified atom stereocenters. The maximum absolute atomic E-state index is 4.34. The summed E-state index contributed by atoms with van der Waals surface area (Å²) in [6.07, 6.45) is 9.97. The first-order chi connectivity index (χ1) is 9.67. The van der Waals surface area contributed by atoms with Gasteiger partial charge in [0.15, 0.2) is 5.96 Å². The average molecular weight is 427 g/mol. The summed E-state index contributed by atoms with van der Waals surface area (Å²) < 4.78 is 0. The van der Waals surface area contributed by atoms with Crippen molar-refractivity contribution >= 4 is 41.7 Å². The standard InChI is InChI=1S/C16H33N3S.HI/c1-13(2)14-7-9-15(10-8-14)19-16(17-3)18-11-5-6-12-20-4;/h13-15H,5-12H2,1-4H3,(H2,17,18,19);1H. The van der Waals surface area contributed by atoms with E-state index < -0.39 is 0 Å². The van der Waals surface area contributed by atoms with Crippen molar-refractivity contribution in [1.82, 2.24) is 10.6 Å². The molecular formula is C16H34IN3S. The van der Waals surface area contributed by atoms with Gasteiger partial charge in [0.05, 0.1) is 0 Å². The topological polar surface area (TPSA) is 36.4 Å². The van der Waals surface area contributed by atoms with Crippen molar-refractivity contribution < 1.29 is 0 Å². The number of thioether (sulfide) groups is 1. The fourth-order valence-corrected chi connectivity index (χ4v) is 3.39.